The number of carboxylic acids is 1. The molecule has 2 aromatic carbocycles. The molecule has 0 spiro atoms. The Kier molecular flexibility index (Phi) is 5.58. The summed E-state index contributed by atoms with van der Waals surface area (Å²) in [6.07, 6.45) is 0.553. The molecule has 0 atom stereocenters. The van der Waals surface area contributed by atoms with Crippen LogP contribution in [0.4, 0.5) is 23.2 Å². The summed E-state index contributed by atoms with van der Waals surface area (Å²) in [6, 6.07) is 5.30. The van der Waals surface area contributed by atoms with Gasteiger partial charge in [-0.15, -0.1) is 0 Å². The Labute approximate surface area is 162 Å². The van der Waals surface area contributed by atoms with Gasteiger partial charge in [0.25, 0.3) is 5.91 Å². The SMILES string of the molecule is COc1cccc(-c2c(F)c(F)c(NC(=O)C3=C(C(=O)O)CCC3)c(F)c2F)c1. The first-order valence-corrected chi connectivity index (χ1v) is 8.53. The number of nitrogens with one attached hydrogen (secondary N) is 1. The molecule has 5 nitrogen and oxygen atoms in total. The molecule has 0 radical (unpaired) electrons. The van der Waals surface area contributed by atoms with Gasteiger partial charge in [0.2, 0.25) is 0 Å². The quantitative estimate of drug-likeness (QED) is 0.566. The molecule has 0 aromatic heterocycles. The van der Waals surface area contributed by atoms with E-state index in [0.29, 0.717) is 6.42 Å². The zero-order chi connectivity index (χ0) is 21.3. The predicted octanol–water partition coefficient (Wildman–Crippen LogP) is 4.42. The number of halogens is 4. The van der Waals surface area contributed by atoms with Crippen molar-refractivity contribution in [2.45, 2.75) is 19.3 Å². The topological polar surface area (TPSA) is 75.6 Å². The first-order valence-electron chi connectivity index (χ1n) is 8.53. The van der Waals surface area contributed by atoms with Crippen molar-refractivity contribution in [3.05, 3.63) is 58.7 Å². The van der Waals surface area contributed by atoms with Crippen LogP contribution in [-0.4, -0.2) is 24.1 Å². The van der Waals surface area contributed by atoms with Crippen LogP contribution in [0.1, 0.15) is 19.3 Å². The highest BCUT2D eigenvalue weighted by atomic mass is 19.2. The molecule has 0 fully saturated rings. The lowest BCUT2D eigenvalue weighted by Gasteiger charge is -2.14. The lowest BCUT2D eigenvalue weighted by Crippen LogP contribution is -2.19. The van der Waals surface area contributed by atoms with Gasteiger partial charge in [-0.2, -0.15) is 0 Å². The fraction of sp³-hybridized carbons (Fsp3) is 0.200. The van der Waals surface area contributed by atoms with Gasteiger partial charge in [0.15, 0.2) is 23.3 Å². The first kappa shape index (κ1) is 20.4. The second-order valence-electron chi connectivity index (χ2n) is 6.31. The smallest absolute Gasteiger partial charge is 0.332 e. The van der Waals surface area contributed by atoms with E-state index in [1.165, 1.54) is 31.4 Å². The molecule has 0 saturated heterocycles. The molecule has 29 heavy (non-hydrogen) atoms. The number of anilines is 1. The molecule has 0 saturated carbocycles. The number of hydrogen-bond donors (Lipinski definition) is 2. The molecular weight excluding hydrogens is 394 g/mol. The van der Waals surface area contributed by atoms with Gasteiger partial charge < -0.3 is 15.2 Å². The first-order chi connectivity index (χ1) is 13.8. The van der Waals surface area contributed by atoms with Gasteiger partial charge in [0.1, 0.15) is 11.4 Å². The number of carboxylic acid groups (broad SMARTS) is 1. The summed E-state index contributed by atoms with van der Waals surface area (Å²) in [6.45, 7) is 0. The van der Waals surface area contributed by atoms with E-state index in [-0.39, 0.29) is 35.3 Å². The van der Waals surface area contributed by atoms with Crippen LogP contribution in [-0.2, 0) is 9.59 Å². The Morgan fingerprint density at radius 2 is 1.62 bits per heavy atom. The van der Waals surface area contributed by atoms with E-state index in [0.717, 1.165) is 0 Å². The summed E-state index contributed by atoms with van der Waals surface area (Å²) in [7, 11) is 1.31. The van der Waals surface area contributed by atoms with Gasteiger partial charge in [-0.25, -0.2) is 22.4 Å². The van der Waals surface area contributed by atoms with Crippen molar-refractivity contribution in [2.75, 3.05) is 12.4 Å². The Bertz CT molecular complexity index is 1020. The van der Waals surface area contributed by atoms with Crippen LogP contribution in [0.2, 0.25) is 0 Å². The minimum Gasteiger partial charge on any atom is -0.497 e. The molecule has 0 aliphatic heterocycles. The molecule has 2 aromatic rings. The summed E-state index contributed by atoms with van der Waals surface area (Å²) in [5.74, 6) is -9.24. The number of ether oxygens (including phenoxy) is 1. The van der Waals surface area contributed by atoms with E-state index in [9.17, 15) is 27.2 Å². The number of aliphatic carboxylic acids is 1. The van der Waals surface area contributed by atoms with E-state index in [2.05, 4.69) is 0 Å². The summed E-state index contributed by atoms with van der Waals surface area (Å²) < 4.78 is 63.1. The Balaban J connectivity index is 2.05. The molecule has 0 bridgehead atoms. The summed E-state index contributed by atoms with van der Waals surface area (Å²) in [4.78, 5) is 23.4. The number of benzene rings is 2. The third-order valence-electron chi connectivity index (χ3n) is 4.61. The number of carbonyl (C=O) groups is 2. The third-order valence-corrected chi connectivity index (χ3v) is 4.61. The summed E-state index contributed by atoms with van der Waals surface area (Å²) >= 11 is 0. The van der Waals surface area contributed by atoms with Crippen LogP contribution in [0, 0.1) is 23.3 Å². The standard InChI is InChI=1S/C20H15F4NO4/c1-29-10-5-2-4-9(8-10)13-14(21)16(23)18(17(24)15(13)22)25-19(26)11-6-3-7-12(11)20(27)28/h2,4-5,8H,3,6-7H2,1H3,(H,25,26)(H,27,28). The van der Waals surface area contributed by atoms with Crippen LogP contribution in [0.5, 0.6) is 5.75 Å². The average Bonchev–Trinajstić information content (AvgIpc) is 3.20. The van der Waals surface area contributed by atoms with Crippen LogP contribution in [0.15, 0.2) is 35.4 Å². The summed E-state index contributed by atoms with van der Waals surface area (Å²) in [5, 5.41) is 10.9. The minimum absolute atomic E-state index is 0.0730. The monoisotopic (exact) mass is 409 g/mol. The highest BCUT2D eigenvalue weighted by molar-refractivity contribution is 6.09. The van der Waals surface area contributed by atoms with Crippen molar-refractivity contribution in [2.24, 2.45) is 0 Å². The normalized spacial score (nSPS) is 13.6. The van der Waals surface area contributed by atoms with Crippen molar-refractivity contribution in [3.63, 3.8) is 0 Å². The molecule has 3 rings (SSSR count). The van der Waals surface area contributed by atoms with Crippen molar-refractivity contribution >= 4 is 17.6 Å². The number of rotatable bonds is 5. The molecule has 2 N–H and O–H groups in total. The maximum atomic E-state index is 14.6. The van der Waals surface area contributed by atoms with Gasteiger partial charge in [-0.1, -0.05) is 12.1 Å². The van der Waals surface area contributed by atoms with E-state index < -0.39 is 46.4 Å². The van der Waals surface area contributed by atoms with E-state index in [4.69, 9.17) is 9.84 Å². The van der Waals surface area contributed by atoms with Crippen LogP contribution in [0.25, 0.3) is 11.1 Å². The van der Waals surface area contributed by atoms with Crippen molar-refractivity contribution in [3.8, 4) is 16.9 Å². The van der Waals surface area contributed by atoms with E-state index in [1.807, 2.05) is 0 Å². The number of carbonyl (C=O) groups excluding carboxylic acids is 1. The lowest BCUT2D eigenvalue weighted by atomic mass is 10.0. The summed E-state index contributed by atoms with van der Waals surface area (Å²) in [5.41, 5.74) is -2.82. The average molecular weight is 409 g/mol. The highest BCUT2D eigenvalue weighted by Crippen LogP contribution is 2.36. The molecule has 0 unspecified atom stereocenters. The maximum absolute atomic E-state index is 14.6. The molecule has 1 aliphatic carbocycles. The Hall–Kier alpha value is -3.36. The van der Waals surface area contributed by atoms with Crippen LogP contribution < -0.4 is 10.1 Å². The molecule has 1 amide bonds. The fourth-order valence-corrected chi connectivity index (χ4v) is 3.19. The lowest BCUT2D eigenvalue weighted by molar-refractivity contribution is -0.133. The molecule has 0 heterocycles. The molecule has 9 heteroatoms. The maximum Gasteiger partial charge on any atom is 0.332 e. The van der Waals surface area contributed by atoms with Crippen molar-refractivity contribution < 1.29 is 37.0 Å². The van der Waals surface area contributed by atoms with Gasteiger partial charge in [-0.3, -0.25) is 4.79 Å². The Morgan fingerprint density at radius 1 is 1.00 bits per heavy atom. The van der Waals surface area contributed by atoms with E-state index in [1.54, 1.807) is 5.32 Å². The highest BCUT2D eigenvalue weighted by Gasteiger charge is 2.30. The predicted molar refractivity (Wildman–Crippen MR) is 95.4 cm³/mol. The van der Waals surface area contributed by atoms with Crippen molar-refractivity contribution in [1.82, 2.24) is 0 Å². The minimum atomic E-state index is -1.80. The molecule has 1 aliphatic rings. The van der Waals surface area contributed by atoms with Crippen LogP contribution >= 0.6 is 0 Å². The number of methoxy groups -OCH3 is 1. The number of amides is 1. The second kappa shape index (κ2) is 7.94. The van der Waals surface area contributed by atoms with Crippen molar-refractivity contribution in [1.29, 1.82) is 0 Å². The van der Waals surface area contributed by atoms with E-state index >= 15 is 0 Å². The zero-order valence-corrected chi connectivity index (χ0v) is 15.1. The second-order valence-corrected chi connectivity index (χ2v) is 6.31. The van der Waals surface area contributed by atoms with Crippen LogP contribution in [0.3, 0.4) is 0 Å². The Morgan fingerprint density at radius 3 is 2.21 bits per heavy atom. The van der Waals surface area contributed by atoms with Gasteiger partial charge in [0.05, 0.1) is 12.7 Å². The zero-order valence-electron chi connectivity index (χ0n) is 15.1. The molecular formula is C20H15F4NO4. The number of hydrogen-bond acceptors (Lipinski definition) is 3. The van der Waals surface area contributed by atoms with Gasteiger partial charge in [-0.05, 0) is 37.0 Å². The fourth-order valence-electron chi connectivity index (χ4n) is 3.19. The largest absolute Gasteiger partial charge is 0.497 e. The molecule has 152 valence electrons. The third kappa shape index (κ3) is 3.67. The van der Waals surface area contributed by atoms with Gasteiger partial charge in [0, 0.05) is 11.1 Å². The van der Waals surface area contributed by atoms with Gasteiger partial charge >= 0.3 is 5.97 Å².